The van der Waals surface area contributed by atoms with E-state index < -0.39 is 0 Å². The first-order valence-corrected chi connectivity index (χ1v) is 7.53. The molecule has 1 aromatic carbocycles. The number of anilines is 1. The van der Waals surface area contributed by atoms with E-state index in [1.807, 2.05) is 6.26 Å². The maximum Gasteiger partial charge on any atom is 0.191 e. The highest BCUT2D eigenvalue weighted by Crippen LogP contribution is 2.22. The van der Waals surface area contributed by atoms with E-state index in [0.717, 1.165) is 28.6 Å². The highest BCUT2D eigenvalue weighted by Gasteiger charge is 2.08. The minimum Gasteiger partial charge on any atom is -0.365 e. The van der Waals surface area contributed by atoms with Gasteiger partial charge in [-0.3, -0.25) is 5.10 Å². The van der Waals surface area contributed by atoms with E-state index in [4.69, 9.17) is 0 Å². The Morgan fingerprint density at radius 3 is 2.75 bits per heavy atom. The van der Waals surface area contributed by atoms with Gasteiger partial charge in [-0.1, -0.05) is 41.6 Å². The summed E-state index contributed by atoms with van der Waals surface area (Å²) in [7, 11) is 0. The summed E-state index contributed by atoms with van der Waals surface area (Å²) in [5.74, 6) is 0.814. The van der Waals surface area contributed by atoms with E-state index in [9.17, 15) is 0 Å². The Labute approximate surface area is 121 Å². The van der Waals surface area contributed by atoms with E-state index in [0.29, 0.717) is 0 Å². The molecule has 0 aliphatic carbocycles. The normalized spacial score (nSPS) is 10.9. The van der Waals surface area contributed by atoms with Crippen molar-refractivity contribution in [3.05, 3.63) is 41.6 Å². The van der Waals surface area contributed by atoms with Crippen LogP contribution < -0.4 is 5.32 Å². The van der Waals surface area contributed by atoms with Gasteiger partial charge in [0.25, 0.3) is 0 Å². The first-order valence-electron chi connectivity index (χ1n) is 6.31. The Kier molecular flexibility index (Phi) is 3.56. The highest BCUT2D eigenvalue weighted by atomic mass is 32.2. The number of fused-ring (bicyclic) bond motifs is 1. The fraction of sp³-hybridized carbons (Fsp3) is 0.214. The predicted molar refractivity (Wildman–Crippen MR) is 82.0 cm³/mol. The summed E-state index contributed by atoms with van der Waals surface area (Å²) in [4.78, 5) is 8.88. The summed E-state index contributed by atoms with van der Waals surface area (Å²) in [5.41, 5.74) is 3.24. The molecule has 0 saturated carbocycles. The Morgan fingerprint density at radius 2 is 2.00 bits per heavy atom. The molecule has 2 N–H and O–H groups in total. The molecular formula is C14H15N5S. The van der Waals surface area contributed by atoms with Crippen molar-refractivity contribution < 1.29 is 0 Å². The van der Waals surface area contributed by atoms with Crippen LogP contribution in [0.4, 0.5) is 5.82 Å². The van der Waals surface area contributed by atoms with Gasteiger partial charge >= 0.3 is 0 Å². The number of aromatic amines is 1. The van der Waals surface area contributed by atoms with E-state index >= 15 is 0 Å². The average molecular weight is 285 g/mol. The van der Waals surface area contributed by atoms with E-state index in [1.165, 1.54) is 22.9 Å². The van der Waals surface area contributed by atoms with Gasteiger partial charge in [-0.2, -0.15) is 5.10 Å². The molecule has 0 aliphatic heterocycles. The van der Waals surface area contributed by atoms with Crippen molar-refractivity contribution in [2.75, 3.05) is 11.6 Å². The molecule has 0 saturated heterocycles. The van der Waals surface area contributed by atoms with Crippen molar-refractivity contribution in [1.82, 2.24) is 20.2 Å². The Balaban J connectivity index is 1.86. The van der Waals surface area contributed by atoms with Crippen LogP contribution in [0.15, 0.2) is 35.6 Å². The zero-order chi connectivity index (χ0) is 13.9. The van der Waals surface area contributed by atoms with Crippen molar-refractivity contribution in [3.63, 3.8) is 0 Å². The van der Waals surface area contributed by atoms with Gasteiger partial charge in [-0.15, -0.1) is 0 Å². The lowest BCUT2D eigenvalue weighted by Crippen LogP contribution is -2.03. The van der Waals surface area contributed by atoms with Crippen LogP contribution in [0.5, 0.6) is 0 Å². The van der Waals surface area contributed by atoms with Gasteiger partial charge in [0.1, 0.15) is 5.82 Å². The molecule has 2 heterocycles. The Hall–Kier alpha value is -2.08. The first-order chi connectivity index (χ1) is 9.76. The SMILES string of the molecule is CSc1nc(NCc2ccc(C)cc2)c2cn[nH]c2n1. The van der Waals surface area contributed by atoms with Crippen LogP contribution >= 0.6 is 11.8 Å². The summed E-state index contributed by atoms with van der Waals surface area (Å²) in [6.45, 7) is 2.81. The highest BCUT2D eigenvalue weighted by molar-refractivity contribution is 7.98. The smallest absolute Gasteiger partial charge is 0.191 e. The molecule has 0 amide bonds. The molecule has 0 atom stereocenters. The number of nitrogens with zero attached hydrogens (tertiary/aromatic N) is 3. The molecule has 3 rings (SSSR count). The summed E-state index contributed by atoms with van der Waals surface area (Å²) in [5, 5.41) is 11.9. The number of hydrogen-bond donors (Lipinski definition) is 2. The molecule has 0 spiro atoms. The summed E-state index contributed by atoms with van der Waals surface area (Å²) < 4.78 is 0. The average Bonchev–Trinajstić information content (AvgIpc) is 2.94. The van der Waals surface area contributed by atoms with Crippen LogP contribution in [0, 0.1) is 6.92 Å². The first kappa shape index (κ1) is 12.9. The molecule has 0 unspecified atom stereocenters. The van der Waals surface area contributed by atoms with Gasteiger partial charge in [0.2, 0.25) is 0 Å². The van der Waals surface area contributed by atoms with Gasteiger partial charge < -0.3 is 5.32 Å². The second-order valence-corrected chi connectivity index (χ2v) is 5.30. The standard InChI is InChI=1S/C14H15N5S/c1-9-3-5-10(6-4-9)7-15-12-11-8-16-19-13(11)18-14(17-12)20-2/h3-6,8H,7H2,1-2H3,(H2,15,16,17,18,19). The maximum atomic E-state index is 4.50. The fourth-order valence-electron chi connectivity index (χ4n) is 1.93. The Bertz CT molecular complexity index is 720. The van der Waals surface area contributed by atoms with Crippen LogP contribution in [0.1, 0.15) is 11.1 Å². The van der Waals surface area contributed by atoms with E-state index in [2.05, 4.69) is 56.7 Å². The molecule has 0 radical (unpaired) electrons. The zero-order valence-electron chi connectivity index (χ0n) is 11.3. The molecule has 0 fully saturated rings. The second-order valence-electron chi connectivity index (χ2n) is 4.53. The maximum absolute atomic E-state index is 4.50. The van der Waals surface area contributed by atoms with Gasteiger partial charge in [0.05, 0.1) is 11.6 Å². The van der Waals surface area contributed by atoms with Gasteiger partial charge in [0.15, 0.2) is 10.8 Å². The summed E-state index contributed by atoms with van der Waals surface area (Å²) in [6.07, 6.45) is 3.71. The minimum atomic E-state index is 0.728. The minimum absolute atomic E-state index is 0.728. The number of aromatic nitrogens is 4. The van der Waals surface area contributed by atoms with Gasteiger partial charge in [0, 0.05) is 6.54 Å². The van der Waals surface area contributed by atoms with E-state index in [-0.39, 0.29) is 0 Å². The molecule has 5 nitrogen and oxygen atoms in total. The fourth-order valence-corrected chi connectivity index (χ4v) is 2.30. The number of aryl methyl sites for hydroxylation is 1. The number of rotatable bonds is 4. The quantitative estimate of drug-likeness (QED) is 0.570. The Morgan fingerprint density at radius 1 is 1.20 bits per heavy atom. The third kappa shape index (κ3) is 2.60. The zero-order valence-corrected chi connectivity index (χ0v) is 12.2. The van der Waals surface area contributed by atoms with Crippen LogP contribution in [0.2, 0.25) is 0 Å². The topological polar surface area (TPSA) is 66.5 Å². The molecule has 20 heavy (non-hydrogen) atoms. The van der Waals surface area contributed by atoms with Crippen LogP contribution in [0.25, 0.3) is 11.0 Å². The predicted octanol–water partition coefficient (Wildman–Crippen LogP) is 3.00. The van der Waals surface area contributed by atoms with E-state index in [1.54, 1.807) is 6.20 Å². The van der Waals surface area contributed by atoms with Gasteiger partial charge in [-0.05, 0) is 18.7 Å². The lowest BCUT2D eigenvalue weighted by Gasteiger charge is -2.08. The monoisotopic (exact) mass is 285 g/mol. The third-order valence-corrected chi connectivity index (χ3v) is 3.60. The van der Waals surface area contributed by atoms with Crippen molar-refractivity contribution in [2.24, 2.45) is 0 Å². The van der Waals surface area contributed by atoms with Crippen molar-refractivity contribution >= 4 is 28.6 Å². The van der Waals surface area contributed by atoms with Crippen LogP contribution in [-0.2, 0) is 6.54 Å². The number of thioether (sulfide) groups is 1. The third-order valence-electron chi connectivity index (χ3n) is 3.05. The molecule has 3 aromatic rings. The molecule has 6 heteroatoms. The summed E-state index contributed by atoms with van der Waals surface area (Å²) in [6, 6.07) is 8.45. The largest absolute Gasteiger partial charge is 0.365 e. The molecule has 2 aromatic heterocycles. The number of H-pyrrole nitrogens is 1. The van der Waals surface area contributed by atoms with Crippen molar-refractivity contribution in [2.45, 2.75) is 18.6 Å². The number of nitrogens with one attached hydrogen (secondary N) is 2. The lowest BCUT2D eigenvalue weighted by molar-refractivity contribution is 0.972. The second kappa shape index (κ2) is 5.50. The number of hydrogen-bond acceptors (Lipinski definition) is 5. The molecule has 102 valence electrons. The van der Waals surface area contributed by atoms with Gasteiger partial charge in [-0.25, -0.2) is 9.97 Å². The lowest BCUT2D eigenvalue weighted by atomic mass is 10.1. The molecular weight excluding hydrogens is 270 g/mol. The van der Waals surface area contributed by atoms with Crippen LogP contribution in [0.3, 0.4) is 0 Å². The van der Waals surface area contributed by atoms with Crippen molar-refractivity contribution in [1.29, 1.82) is 0 Å². The van der Waals surface area contributed by atoms with Crippen LogP contribution in [-0.4, -0.2) is 26.4 Å². The molecule has 0 aliphatic rings. The number of benzene rings is 1. The summed E-state index contributed by atoms with van der Waals surface area (Å²) >= 11 is 1.51. The van der Waals surface area contributed by atoms with Crippen molar-refractivity contribution in [3.8, 4) is 0 Å². The molecule has 0 bridgehead atoms.